The van der Waals surface area contributed by atoms with Crippen molar-refractivity contribution in [2.24, 2.45) is 15.2 Å². The number of ether oxygens (including phenoxy) is 2. The Morgan fingerprint density at radius 3 is 1.65 bits per heavy atom. The fraction of sp³-hybridized carbons (Fsp3) is 0.535. The monoisotopic (exact) mass is 1560 g/mol. The number of hydrogen-bond donors (Lipinski definition) is 3. The van der Waals surface area contributed by atoms with Crippen LogP contribution >= 0.6 is 0 Å². The summed E-state index contributed by atoms with van der Waals surface area (Å²) in [5.41, 5.74) is 4.42. The van der Waals surface area contributed by atoms with Crippen molar-refractivity contribution in [3.05, 3.63) is 122 Å². The predicted octanol–water partition coefficient (Wildman–Crippen LogP) is -2.35. The first-order valence-corrected chi connectivity index (χ1v) is 38.8. The Morgan fingerprint density at radius 2 is 1.15 bits per heavy atom. The number of phenolic OH excluding ortho intramolecular Hbond substituents is 2. The number of carboxylic acid groups (broad SMARTS) is 2. The molecular formula is C71H91N8Na4O20S3+. The van der Waals surface area contributed by atoms with Gasteiger partial charge < -0.3 is 63.1 Å². The molecular weight excluding hydrogens is 1470 g/mol. The third-order valence-electron chi connectivity index (χ3n) is 19.7. The average Bonchev–Trinajstić information content (AvgIpc) is 0.738. The number of carbonyl (C=O) groups is 3. The number of non-ortho nitro benzene ring substituents is 1. The minimum atomic E-state index is -4.58. The number of aliphatic carboxylic acids is 2. The zero-order valence-corrected chi connectivity index (χ0v) is 73.6. The number of anilines is 3. The van der Waals surface area contributed by atoms with Crippen LogP contribution in [0.15, 0.2) is 94.1 Å². The number of carbonyl (C=O) groups excluding carboxylic acids is 2. The SMILES string of the molecule is CC1(C)CC(CS(=O)(=O)[O-])c2cc(N=Nc3ccc([N+](=O)[O-])cc3)c(O)cc2N1CCCC(=O)[O-].CCC1CC(C)(C)[N+](CCCOC=O)=c2cc3c(cc21)=Nc1cc2c(cc1O3)N(CCCC(=O)O)C(C)(C)CC2CS(=O)(=O)[O-].CCCCN1c2cc(O)ccc2C(CS(=O)(=O)[O-])CC1(C)C.[Na+].[Na+].[Na+].[Na+]. The molecule has 35 heteroatoms. The molecule has 0 aromatic heterocycles. The van der Waals surface area contributed by atoms with Gasteiger partial charge in [-0.15, -0.1) is 5.11 Å². The summed E-state index contributed by atoms with van der Waals surface area (Å²) in [6, 6.07) is 20.9. The van der Waals surface area contributed by atoms with E-state index in [0.29, 0.717) is 104 Å². The van der Waals surface area contributed by atoms with Crippen molar-refractivity contribution >= 4 is 88.6 Å². The Morgan fingerprint density at radius 1 is 0.642 bits per heavy atom. The Balaban J connectivity index is 0.000000348. The molecule has 5 aromatic carbocycles. The molecule has 5 aromatic rings. The Bertz CT molecular complexity index is 4510. The minimum absolute atomic E-state index is 0. The molecule has 4 unspecified atom stereocenters. The van der Waals surface area contributed by atoms with Crippen LogP contribution in [-0.2, 0) is 49.5 Å². The molecule has 0 saturated heterocycles. The molecule has 0 amide bonds. The van der Waals surface area contributed by atoms with Crippen molar-refractivity contribution in [1.29, 1.82) is 0 Å². The van der Waals surface area contributed by atoms with Crippen molar-refractivity contribution in [2.45, 2.75) is 192 Å². The predicted molar refractivity (Wildman–Crippen MR) is 377 cm³/mol. The number of unbranched alkanes of at least 4 members (excludes halogenated alkanes) is 1. The third kappa shape index (κ3) is 24.6. The molecule has 0 aliphatic carbocycles. The van der Waals surface area contributed by atoms with Gasteiger partial charge in [-0.25, -0.2) is 34.8 Å². The van der Waals surface area contributed by atoms with Crippen LogP contribution in [0.2, 0.25) is 0 Å². The largest absolute Gasteiger partial charge is 1.00 e. The number of fused-ring (bicyclic) bond motifs is 6. The smallest absolute Gasteiger partial charge is 0.748 e. The van der Waals surface area contributed by atoms with Crippen molar-refractivity contribution in [3.63, 3.8) is 0 Å². The normalized spacial score (nSPS) is 18.9. The number of hydrogen-bond acceptors (Lipinski definition) is 25. The van der Waals surface area contributed by atoms with Gasteiger partial charge in [-0.1, -0.05) is 26.3 Å². The van der Waals surface area contributed by atoms with Crippen LogP contribution < -0.4 is 158 Å². The van der Waals surface area contributed by atoms with Gasteiger partial charge >= 0.3 is 124 Å². The van der Waals surface area contributed by atoms with Crippen molar-refractivity contribution in [2.75, 3.05) is 64.7 Å². The molecule has 556 valence electrons. The average molecular weight is 1560 g/mol. The summed E-state index contributed by atoms with van der Waals surface area (Å²) in [7, 11) is -13.4. The van der Waals surface area contributed by atoms with Crippen molar-refractivity contribution in [1.82, 2.24) is 4.58 Å². The molecule has 10 rings (SSSR count). The van der Waals surface area contributed by atoms with E-state index in [2.05, 4.69) is 72.2 Å². The first-order chi connectivity index (χ1) is 47.5. The van der Waals surface area contributed by atoms with Gasteiger partial charge in [0.1, 0.15) is 34.8 Å². The first-order valence-electron chi connectivity index (χ1n) is 34.0. The van der Waals surface area contributed by atoms with E-state index in [-0.39, 0.29) is 189 Å². The van der Waals surface area contributed by atoms with Crippen LogP contribution in [-0.4, -0.2) is 150 Å². The second kappa shape index (κ2) is 38.7. The molecule has 106 heavy (non-hydrogen) atoms. The molecule has 3 N–H and O–H groups in total. The summed E-state index contributed by atoms with van der Waals surface area (Å²) in [4.78, 5) is 54.3. The summed E-state index contributed by atoms with van der Waals surface area (Å²) in [6.45, 7) is 23.6. The molecule has 0 spiro atoms. The molecule has 4 atom stereocenters. The van der Waals surface area contributed by atoms with E-state index >= 15 is 0 Å². The van der Waals surface area contributed by atoms with Crippen LogP contribution in [0.3, 0.4) is 0 Å². The quantitative estimate of drug-likeness (QED) is 0.00748. The van der Waals surface area contributed by atoms with E-state index in [1.807, 2.05) is 50.8 Å². The summed E-state index contributed by atoms with van der Waals surface area (Å²) < 4.78 is 118. The number of phenols is 2. The fourth-order valence-corrected chi connectivity index (χ4v) is 17.6. The van der Waals surface area contributed by atoms with Crippen molar-refractivity contribution in [3.8, 4) is 23.0 Å². The summed E-state index contributed by atoms with van der Waals surface area (Å²) in [6.07, 6.45) is 6.48. The maximum Gasteiger partial charge on any atom is 1.00 e. The second-order valence-corrected chi connectivity index (χ2v) is 33.6. The van der Waals surface area contributed by atoms with Crippen LogP contribution in [0, 0.1) is 10.1 Å². The zero-order chi connectivity index (χ0) is 75.2. The maximum absolute atomic E-state index is 12.0. The molecule has 0 saturated carbocycles. The van der Waals surface area contributed by atoms with Gasteiger partial charge in [-0.05, 0) is 166 Å². The van der Waals surface area contributed by atoms with E-state index in [9.17, 15) is 83.8 Å². The van der Waals surface area contributed by atoms with Gasteiger partial charge in [0.2, 0.25) is 5.36 Å². The van der Waals surface area contributed by atoms with Gasteiger partial charge in [0.15, 0.2) is 17.0 Å². The maximum atomic E-state index is 12.0. The third-order valence-corrected chi connectivity index (χ3v) is 22.1. The van der Waals surface area contributed by atoms with E-state index in [1.165, 1.54) is 42.0 Å². The Hall–Kier alpha value is -4.36. The van der Waals surface area contributed by atoms with Gasteiger partial charge in [0.25, 0.3) is 12.2 Å². The second-order valence-electron chi connectivity index (χ2n) is 29.3. The topological polar surface area (TPSA) is 418 Å². The minimum Gasteiger partial charge on any atom is -0.748 e. The summed E-state index contributed by atoms with van der Waals surface area (Å²) >= 11 is 0. The molecule has 0 bridgehead atoms. The van der Waals surface area contributed by atoms with Gasteiger partial charge in [0.05, 0.1) is 53.6 Å². The fourth-order valence-electron chi connectivity index (χ4n) is 15.2. The number of rotatable bonds is 26. The molecule has 0 fully saturated rings. The Labute approximate surface area is 708 Å². The first kappa shape index (κ1) is 94.0. The number of nitro benzene ring substituents is 1. The number of nitrogens with zero attached hydrogens (tertiary/aromatic N) is 8. The van der Waals surface area contributed by atoms with Crippen LogP contribution in [0.5, 0.6) is 23.0 Å². The molecule has 28 nitrogen and oxygen atoms in total. The van der Waals surface area contributed by atoms with Gasteiger partial charge in [0, 0.05) is 149 Å². The summed E-state index contributed by atoms with van der Waals surface area (Å²) in [5.74, 6) is -3.88. The zero-order valence-electron chi connectivity index (χ0n) is 63.1. The summed E-state index contributed by atoms with van der Waals surface area (Å²) in [5, 5.41) is 61.1. The number of benzene rings is 5. The van der Waals surface area contributed by atoms with Crippen LogP contribution in [0.1, 0.15) is 192 Å². The Kier molecular flexibility index (Phi) is 34.3. The molecule has 5 heterocycles. The van der Waals surface area contributed by atoms with E-state index in [4.69, 9.17) is 14.5 Å². The number of azo groups is 1. The van der Waals surface area contributed by atoms with Crippen molar-refractivity contribution < 1.29 is 206 Å². The number of aromatic hydroxyl groups is 2. The molecule has 5 aliphatic rings. The van der Waals surface area contributed by atoms with E-state index < -0.39 is 87.4 Å². The molecule has 5 aliphatic heterocycles. The number of nitro groups is 1. The standard InChI is InChI=1S/C33H43N3O8S.C22H26N4O8S.C16H25NO4S.4Na/c1-6-21-17-32(2,3)36(11-8-12-43-20-37)27-15-29-25(13-23(21)27)34-26-14-24-22(19-45(40,41)42)18-33(4,5)35(10-7-9-31(38)39)28(24)16-30(26)44-29;1-22(2)12-14(13-35(32,33)34)17-10-18(24-23-15-5-7-16(8-6-15)26(30)31)20(27)11-19(17)25(22)9-3-4-21(28)29;1-4-5-8-17-15-9-13(18)6-7-14(15)12(10-16(17,2)3)11-22(19,20)21;;;;/h13-16,20-22H,6-12,17-19H2,1-5H3,(H-,38,39,40,41,42);5-8,10-11,14,27H,3-4,9,12-13H2,1-2H3,(H,28,29)(H,32,33,34);6-7,9,12,18H,4-5,8,10-11H2,1-3H3,(H,19,20,21);;;;/q;;;4*+1/p-3. The van der Waals surface area contributed by atoms with Gasteiger partial charge in [-0.3, -0.25) is 19.7 Å². The van der Waals surface area contributed by atoms with Gasteiger partial charge in [-0.2, -0.15) is 5.11 Å². The van der Waals surface area contributed by atoms with Crippen LogP contribution in [0.25, 0.3) is 0 Å². The number of carboxylic acids is 2. The van der Waals surface area contributed by atoms with Crippen LogP contribution in [0.4, 0.5) is 39.8 Å². The van der Waals surface area contributed by atoms with E-state index in [1.54, 1.807) is 18.2 Å². The molecule has 0 radical (unpaired) electrons. The van der Waals surface area contributed by atoms with E-state index in [0.717, 1.165) is 54.5 Å².